The normalized spacial score (nSPS) is 15.9. The minimum absolute atomic E-state index is 0.0216. The number of anilines is 3. The van der Waals surface area contributed by atoms with Crippen LogP contribution in [0.3, 0.4) is 0 Å². The summed E-state index contributed by atoms with van der Waals surface area (Å²) < 4.78 is 0. The summed E-state index contributed by atoms with van der Waals surface area (Å²) in [6.07, 6.45) is 4.05. The lowest BCUT2D eigenvalue weighted by atomic mass is 9.83. The predicted octanol–water partition coefficient (Wildman–Crippen LogP) is 2.57. The Kier molecular flexibility index (Phi) is 5.68. The molecule has 0 aliphatic heterocycles. The van der Waals surface area contributed by atoms with Gasteiger partial charge < -0.3 is 33.1 Å². The molecular weight excluding hydrogens is 416 g/mol. The zero-order valence-corrected chi connectivity index (χ0v) is 18.0. The first kappa shape index (κ1) is 22.1. The van der Waals surface area contributed by atoms with Crippen molar-refractivity contribution in [3.05, 3.63) is 106 Å². The van der Waals surface area contributed by atoms with E-state index in [1.807, 2.05) is 36.4 Å². The van der Waals surface area contributed by atoms with Crippen molar-refractivity contribution < 1.29 is 15.0 Å². The molecule has 2 aliphatic rings. The van der Waals surface area contributed by atoms with Crippen LogP contribution in [0.25, 0.3) is 5.57 Å². The molecule has 0 radical (unpaired) electrons. The molecule has 168 valence electrons. The van der Waals surface area contributed by atoms with Gasteiger partial charge in [0, 0.05) is 41.0 Å². The Bertz CT molecular complexity index is 1290. The van der Waals surface area contributed by atoms with E-state index in [1.54, 1.807) is 30.3 Å². The third kappa shape index (κ3) is 4.32. The summed E-state index contributed by atoms with van der Waals surface area (Å²) in [5.74, 6) is -1.97. The summed E-state index contributed by atoms with van der Waals surface area (Å²) in [6.45, 7) is 0. The minimum Gasteiger partial charge on any atom is -0.399 e. The Balaban J connectivity index is 0.000000157. The maximum Gasteiger partial charge on any atom is 0.208 e. The fourth-order valence-corrected chi connectivity index (χ4v) is 4.03. The number of nitrogen functional groups attached to an aromatic ring is 3. The molecule has 0 bridgehead atoms. The van der Waals surface area contributed by atoms with Crippen molar-refractivity contribution in [2.24, 2.45) is 5.73 Å². The highest BCUT2D eigenvalue weighted by atomic mass is 16.5. The zero-order valence-electron chi connectivity index (χ0n) is 18.0. The third-order valence-electron chi connectivity index (χ3n) is 5.88. The number of benzene rings is 3. The second-order valence-corrected chi connectivity index (χ2v) is 8.19. The third-order valence-corrected chi connectivity index (χ3v) is 5.88. The Morgan fingerprint density at radius 2 is 1.45 bits per heavy atom. The van der Waals surface area contributed by atoms with Crippen molar-refractivity contribution in [3.8, 4) is 0 Å². The van der Waals surface area contributed by atoms with Crippen molar-refractivity contribution in [3.63, 3.8) is 0 Å². The maximum atomic E-state index is 12.3. The predicted molar refractivity (Wildman–Crippen MR) is 131 cm³/mol. The van der Waals surface area contributed by atoms with Crippen LogP contribution in [0.1, 0.15) is 39.0 Å². The van der Waals surface area contributed by atoms with Crippen LogP contribution in [-0.4, -0.2) is 21.8 Å². The van der Waals surface area contributed by atoms with Crippen LogP contribution < -0.4 is 22.9 Å². The highest BCUT2D eigenvalue weighted by Gasteiger charge is 2.30. The van der Waals surface area contributed by atoms with Crippen LogP contribution >= 0.6 is 0 Å². The first-order chi connectivity index (χ1) is 15.7. The van der Waals surface area contributed by atoms with E-state index < -0.39 is 5.79 Å². The number of aliphatic hydroxyl groups is 2. The summed E-state index contributed by atoms with van der Waals surface area (Å²) >= 11 is 0. The van der Waals surface area contributed by atoms with E-state index in [4.69, 9.17) is 22.9 Å². The lowest BCUT2D eigenvalue weighted by molar-refractivity contribution is -0.124. The van der Waals surface area contributed by atoms with E-state index in [9.17, 15) is 15.0 Å². The molecule has 0 atom stereocenters. The summed E-state index contributed by atoms with van der Waals surface area (Å²) in [4.78, 5) is 12.3. The molecule has 0 unspecified atom stereocenters. The van der Waals surface area contributed by atoms with Crippen LogP contribution in [0.15, 0.2) is 78.5 Å². The van der Waals surface area contributed by atoms with Crippen molar-refractivity contribution in [1.82, 2.24) is 0 Å². The number of allylic oxidation sites excluding steroid dienone is 2. The van der Waals surface area contributed by atoms with E-state index in [0.29, 0.717) is 34.6 Å². The van der Waals surface area contributed by atoms with Gasteiger partial charge in [0.1, 0.15) is 0 Å². The van der Waals surface area contributed by atoms with Gasteiger partial charge in [-0.05, 0) is 52.6 Å². The van der Waals surface area contributed by atoms with Gasteiger partial charge >= 0.3 is 0 Å². The van der Waals surface area contributed by atoms with Crippen molar-refractivity contribution in [2.75, 3.05) is 17.2 Å². The van der Waals surface area contributed by atoms with Gasteiger partial charge in [0.2, 0.25) is 5.79 Å². The van der Waals surface area contributed by atoms with E-state index in [0.717, 1.165) is 22.3 Å². The number of carbonyl (C=O) groups excluding carboxylic acids is 1. The van der Waals surface area contributed by atoms with Crippen LogP contribution in [0, 0.1) is 0 Å². The molecule has 10 N–H and O–H groups in total. The van der Waals surface area contributed by atoms with Crippen molar-refractivity contribution in [1.29, 1.82) is 0 Å². The molecule has 2 aliphatic carbocycles. The quantitative estimate of drug-likeness (QED) is 0.195. The SMILES string of the molecule is NC1=CC=C(c2ccc(N)cc2)CC1(O)O.Nc1cccc2c1Cc1cccc(N)c1C2=O. The minimum atomic E-state index is -1.95. The van der Waals surface area contributed by atoms with Crippen molar-refractivity contribution in [2.45, 2.75) is 18.6 Å². The molecule has 7 nitrogen and oxygen atoms in total. The van der Waals surface area contributed by atoms with Gasteiger partial charge in [-0.25, -0.2) is 0 Å². The fraction of sp³-hybridized carbons (Fsp3) is 0.115. The van der Waals surface area contributed by atoms with Gasteiger partial charge in [-0.2, -0.15) is 0 Å². The molecule has 7 heteroatoms. The standard InChI is InChI=1S/C14H12N2O.C12H14N2O2/c15-11-5-2-4-9-10(11)7-8-3-1-6-12(16)13(8)14(9)17;13-10-4-1-8(2-5-10)9-3-6-11(14)12(15,16)7-9/h1-6H,7,15-16H2;1-6,15-16H,7,13-14H2. The highest BCUT2D eigenvalue weighted by molar-refractivity contribution is 6.15. The molecule has 3 aromatic carbocycles. The molecule has 0 aromatic heterocycles. The topological polar surface area (TPSA) is 162 Å². The zero-order chi connectivity index (χ0) is 23.8. The van der Waals surface area contributed by atoms with Gasteiger partial charge in [0.05, 0.1) is 5.70 Å². The Hall–Kier alpha value is -4.07. The molecule has 0 fully saturated rings. The van der Waals surface area contributed by atoms with Gasteiger partial charge in [-0.1, -0.05) is 42.5 Å². The van der Waals surface area contributed by atoms with Crippen LogP contribution in [0.4, 0.5) is 17.1 Å². The maximum absolute atomic E-state index is 12.3. The molecule has 0 saturated heterocycles. The van der Waals surface area contributed by atoms with E-state index in [1.165, 1.54) is 6.08 Å². The molecule has 0 amide bonds. The lowest BCUT2D eigenvalue weighted by Crippen LogP contribution is -2.36. The van der Waals surface area contributed by atoms with E-state index in [-0.39, 0.29) is 17.9 Å². The Labute approximate surface area is 191 Å². The Morgan fingerprint density at radius 1 is 0.788 bits per heavy atom. The molecule has 0 spiro atoms. The molecule has 0 saturated carbocycles. The van der Waals surface area contributed by atoms with Crippen LogP contribution in [0.2, 0.25) is 0 Å². The monoisotopic (exact) mass is 442 g/mol. The van der Waals surface area contributed by atoms with Gasteiger partial charge in [0.15, 0.2) is 5.78 Å². The first-order valence-electron chi connectivity index (χ1n) is 10.4. The number of hydrogen-bond donors (Lipinski definition) is 6. The Morgan fingerprint density at radius 3 is 2.15 bits per heavy atom. The van der Waals surface area contributed by atoms with Gasteiger partial charge in [0.25, 0.3) is 0 Å². The average molecular weight is 443 g/mol. The molecule has 0 heterocycles. The number of ketones is 1. The number of hydrogen-bond acceptors (Lipinski definition) is 7. The molecule has 33 heavy (non-hydrogen) atoms. The number of fused-ring (bicyclic) bond motifs is 2. The van der Waals surface area contributed by atoms with E-state index >= 15 is 0 Å². The number of carbonyl (C=O) groups is 1. The van der Waals surface area contributed by atoms with Gasteiger partial charge in [-0.3, -0.25) is 4.79 Å². The molecular formula is C26H26N4O3. The average Bonchev–Trinajstić information content (AvgIpc) is 2.78. The largest absolute Gasteiger partial charge is 0.399 e. The van der Waals surface area contributed by atoms with Crippen molar-refractivity contribution >= 4 is 28.4 Å². The van der Waals surface area contributed by atoms with Crippen LogP contribution in [-0.2, 0) is 6.42 Å². The fourth-order valence-electron chi connectivity index (χ4n) is 4.03. The summed E-state index contributed by atoms with van der Waals surface area (Å²) in [5.41, 5.74) is 29.7. The second kappa shape index (κ2) is 8.46. The highest BCUT2D eigenvalue weighted by Crippen LogP contribution is 2.33. The first-order valence-corrected chi connectivity index (χ1v) is 10.4. The molecule has 3 aromatic rings. The lowest BCUT2D eigenvalue weighted by Gasteiger charge is -2.26. The smallest absolute Gasteiger partial charge is 0.208 e. The van der Waals surface area contributed by atoms with Gasteiger partial charge in [-0.15, -0.1) is 0 Å². The summed E-state index contributed by atoms with van der Waals surface area (Å²) in [6, 6.07) is 18.2. The number of rotatable bonds is 1. The summed E-state index contributed by atoms with van der Waals surface area (Å²) in [7, 11) is 0. The van der Waals surface area contributed by atoms with Crippen LogP contribution in [0.5, 0.6) is 0 Å². The van der Waals surface area contributed by atoms with E-state index in [2.05, 4.69) is 0 Å². The second-order valence-electron chi connectivity index (χ2n) is 8.19. The number of nitrogens with two attached hydrogens (primary N) is 4. The molecule has 5 rings (SSSR count). The summed E-state index contributed by atoms with van der Waals surface area (Å²) in [5, 5.41) is 19.3.